The molecule has 2 saturated carbocycles. The molecule has 0 radical (unpaired) electrons. The topological polar surface area (TPSA) is 41.1 Å². The van der Waals surface area contributed by atoms with Crippen LogP contribution in [0.3, 0.4) is 0 Å². The van der Waals surface area contributed by atoms with Crippen LogP contribution in [0.25, 0.3) is 0 Å². The number of hydrogen-bond acceptors (Lipinski definition) is 2. The van der Waals surface area contributed by atoms with Gasteiger partial charge in [0.2, 0.25) is 5.91 Å². The van der Waals surface area contributed by atoms with Gasteiger partial charge in [-0.3, -0.25) is 4.79 Å². The third-order valence-electron chi connectivity index (χ3n) is 5.61. The maximum atomic E-state index is 12.0. The molecule has 4 unspecified atom stereocenters. The molecule has 0 spiro atoms. The van der Waals surface area contributed by atoms with E-state index in [1.165, 1.54) is 45.1 Å². The first-order valence-corrected chi connectivity index (χ1v) is 8.28. The van der Waals surface area contributed by atoms with E-state index in [4.69, 9.17) is 0 Å². The first kappa shape index (κ1) is 16.1. The summed E-state index contributed by atoms with van der Waals surface area (Å²) in [7, 11) is 0. The summed E-state index contributed by atoms with van der Waals surface area (Å²) in [5.74, 6) is 3.61. The van der Waals surface area contributed by atoms with Gasteiger partial charge in [-0.05, 0) is 75.3 Å². The van der Waals surface area contributed by atoms with Crippen LogP contribution in [0.1, 0.15) is 51.4 Å². The lowest BCUT2D eigenvalue weighted by atomic mass is 9.86. The van der Waals surface area contributed by atoms with Crippen LogP contribution in [0.15, 0.2) is 0 Å². The Morgan fingerprint density at radius 3 is 2.75 bits per heavy atom. The molecule has 3 nitrogen and oxygen atoms in total. The average Bonchev–Trinajstić information content (AvgIpc) is 3.02. The maximum absolute atomic E-state index is 12.0. The smallest absolute Gasteiger partial charge is 0.220 e. The van der Waals surface area contributed by atoms with Gasteiger partial charge in [-0.2, -0.15) is 0 Å². The third-order valence-corrected chi connectivity index (χ3v) is 5.61. The van der Waals surface area contributed by atoms with Crippen molar-refractivity contribution >= 4 is 18.3 Å². The monoisotopic (exact) mass is 300 g/mol. The Morgan fingerprint density at radius 2 is 2.10 bits per heavy atom. The van der Waals surface area contributed by atoms with Crippen LogP contribution in [0.5, 0.6) is 0 Å². The second-order valence-corrected chi connectivity index (χ2v) is 6.99. The molecule has 0 aromatic rings. The van der Waals surface area contributed by atoms with Crippen LogP contribution >= 0.6 is 12.4 Å². The number of rotatable bonds is 5. The van der Waals surface area contributed by atoms with Crippen molar-refractivity contribution < 1.29 is 4.79 Å². The molecule has 4 atom stereocenters. The lowest BCUT2D eigenvalue weighted by Gasteiger charge is -2.23. The van der Waals surface area contributed by atoms with Gasteiger partial charge in [-0.15, -0.1) is 12.4 Å². The molecule has 4 heteroatoms. The molecule has 1 heterocycles. The fourth-order valence-corrected chi connectivity index (χ4v) is 4.52. The average molecular weight is 301 g/mol. The number of carbonyl (C=O) groups excluding carboxylic acids is 1. The molecule has 0 aromatic carbocycles. The lowest BCUT2D eigenvalue weighted by molar-refractivity contribution is -0.122. The van der Waals surface area contributed by atoms with E-state index in [1.54, 1.807) is 0 Å². The number of piperidine rings is 1. The van der Waals surface area contributed by atoms with Gasteiger partial charge in [-0.25, -0.2) is 0 Å². The SMILES string of the molecule is Cl.O=C(CC1CC2CCC1C2)NCCC1CCCNC1. The lowest BCUT2D eigenvalue weighted by Crippen LogP contribution is -2.33. The first-order chi connectivity index (χ1) is 9.31. The van der Waals surface area contributed by atoms with Crippen molar-refractivity contribution in [3.63, 3.8) is 0 Å². The number of halogens is 1. The zero-order chi connectivity index (χ0) is 13.1. The molecular formula is C16H29ClN2O. The number of nitrogens with one attached hydrogen (secondary N) is 2. The predicted octanol–water partition coefficient (Wildman–Crippen LogP) is 2.74. The Morgan fingerprint density at radius 1 is 1.20 bits per heavy atom. The molecule has 1 saturated heterocycles. The Labute approximate surface area is 129 Å². The molecule has 2 bridgehead atoms. The maximum Gasteiger partial charge on any atom is 0.220 e. The standard InChI is InChI=1S/C16H28N2O.ClH/c19-16(10-15-9-13-3-4-14(15)8-13)18-7-5-12-2-1-6-17-11-12;/h12-15,17H,1-11H2,(H,18,19);1H. The van der Waals surface area contributed by atoms with E-state index in [-0.39, 0.29) is 12.4 Å². The number of carbonyl (C=O) groups is 1. The molecule has 3 fully saturated rings. The van der Waals surface area contributed by atoms with Crippen molar-refractivity contribution in [3.05, 3.63) is 0 Å². The second kappa shape index (κ2) is 7.65. The summed E-state index contributed by atoms with van der Waals surface area (Å²) in [6, 6.07) is 0. The summed E-state index contributed by atoms with van der Waals surface area (Å²) in [5, 5.41) is 6.59. The quantitative estimate of drug-likeness (QED) is 0.820. The van der Waals surface area contributed by atoms with Crippen molar-refractivity contribution in [1.82, 2.24) is 10.6 Å². The van der Waals surface area contributed by atoms with Crippen LogP contribution in [0.4, 0.5) is 0 Å². The minimum atomic E-state index is 0. The van der Waals surface area contributed by atoms with Crippen LogP contribution < -0.4 is 10.6 Å². The van der Waals surface area contributed by atoms with Crippen molar-refractivity contribution in [2.45, 2.75) is 51.4 Å². The molecule has 2 N–H and O–H groups in total. The third kappa shape index (κ3) is 4.11. The van der Waals surface area contributed by atoms with Gasteiger partial charge in [0.05, 0.1) is 0 Å². The summed E-state index contributed by atoms with van der Waals surface area (Å²) in [6.45, 7) is 3.20. The highest BCUT2D eigenvalue weighted by atomic mass is 35.5. The molecule has 3 rings (SSSR count). The van der Waals surface area contributed by atoms with E-state index in [9.17, 15) is 4.79 Å². The van der Waals surface area contributed by atoms with Crippen molar-refractivity contribution in [2.24, 2.45) is 23.7 Å². The number of amides is 1. The van der Waals surface area contributed by atoms with E-state index in [0.29, 0.717) is 11.8 Å². The Bertz CT molecular complexity index is 318. The first-order valence-electron chi connectivity index (χ1n) is 8.28. The largest absolute Gasteiger partial charge is 0.356 e. The predicted molar refractivity (Wildman–Crippen MR) is 84.0 cm³/mol. The summed E-state index contributed by atoms with van der Waals surface area (Å²) in [6.07, 6.45) is 10.1. The van der Waals surface area contributed by atoms with E-state index < -0.39 is 0 Å². The van der Waals surface area contributed by atoms with Crippen molar-refractivity contribution in [3.8, 4) is 0 Å². The van der Waals surface area contributed by atoms with Gasteiger partial charge < -0.3 is 10.6 Å². The summed E-state index contributed by atoms with van der Waals surface area (Å²) in [5.41, 5.74) is 0. The fraction of sp³-hybridized carbons (Fsp3) is 0.938. The minimum Gasteiger partial charge on any atom is -0.356 e. The van der Waals surface area contributed by atoms with Gasteiger partial charge in [0.25, 0.3) is 0 Å². The van der Waals surface area contributed by atoms with Crippen LogP contribution in [-0.2, 0) is 4.79 Å². The van der Waals surface area contributed by atoms with E-state index in [2.05, 4.69) is 10.6 Å². The Balaban J connectivity index is 0.00000147. The molecule has 2 aliphatic carbocycles. The van der Waals surface area contributed by atoms with Crippen molar-refractivity contribution in [2.75, 3.05) is 19.6 Å². The van der Waals surface area contributed by atoms with Crippen LogP contribution in [-0.4, -0.2) is 25.5 Å². The fourth-order valence-electron chi connectivity index (χ4n) is 4.52. The molecule has 1 aliphatic heterocycles. The summed E-state index contributed by atoms with van der Waals surface area (Å²) in [4.78, 5) is 12.0. The van der Waals surface area contributed by atoms with Gasteiger partial charge in [0.15, 0.2) is 0 Å². The normalized spacial score (nSPS) is 35.6. The second-order valence-electron chi connectivity index (χ2n) is 6.99. The van der Waals surface area contributed by atoms with Gasteiger partial charge >= 0.3 is 0 Å². The highest BCUT2D eigenvalue weighted by Crippen LogP contribution is 2.49. The molecule has 3 aliphatic rings. The molecule has 1 amide bonds. The van der Waals surface area contributed by atoms with E-state index in [1.807, 2.05) is 0 Å². The number of hydrogen-bond donors (Lipinski definition) is 2. The van der Waals surface area contributed by atoms with Crippen LogP contribution in [0.2, 0.25) is 0 Å². The molecular weight excluding hydrogens is 272 g/mol. The zero-order valence-corrected chi connectivity index (χ0v) is 13.2. The zero-order valence-electron chi connectivity index (χ0n) is 12.4. The van der Waals surface area contributed by atoms with Gasteiger partial charge in [-0.1, -0.05) is 6.42 Å². The van der Waals surface area contributed by atoms with Gasteiger partial charge in [0, 0.05) is 13.0 Å². The van der Waals surface area contributed by atoms with E-state index >= 15 is 0 Å². The molecule has 116 valence electrons. The van der Waals surface area contributed by atoms with Crippen LogP contribution in [0, 0.1) is 23.7 Å². The summed E-state index contributed by atoms with van der Waals surface area (Å²) < 4.78 is 0. The molecule has 0 aromatic heterocycles. The summed E-state index contributed by atoms with van der Waals surface area (Å²) >= 11 is 0. The Hall–Kier alpha value is -0.280. The van der Waals surface area contributed by atoms with Gasteiger partial charge in [0.1, 0.15) is 0 Å². The Kier molecular flexibility index (Phi) is 6.16. The number of fused-ring (bicyclic) bond motifs is 2. The highest BCUT2D eigenvalue weighted by Gasteiger charge is 2.39. The highest BCUT2D eigenvalue weighted by molar-refractivity contribution is 5.85. The minimum absolute atomic E-state index is 0. The van der Waals surface area contributed by atoms with E-state index in [0.717, 1.165) is 43.7 Å². The van der Waals surface area contributed by atoms with Crippen molar-refractivity contribution in [1.29, 1.82) is 0 Å². The molecule has 20 heavy (non-hydrogen) atoms.